The predicted octanol–water partition coefficient (Wildman–Crippen LogP) is 1.10. The minimum Gasteiger partial charge on any atom is -0.486 e. The first-order valence-electron chi connectivity index (χ1n) is 4.87. The van der Waals surface area contributed by atoms with Crippen molar-refractivity contribution in [2.45, 2.75) is 13.2 Å². The molecule has 0 aliphatic carbocycles. The molecule has 0 saturated carbocycles. The molecule has 15 heavy (non-hydrogen) atoms. The van der Waals surface area contributed by atoms with Crippen molar-refractivity contribution in [3.63, 3.8) is 0 Å². The van der Waals surface area contributed by atoms with Gasteiger partial charge in [0, 0.05) is 18.2 Å². The summed E-state index contributed by atoms with van der Waals surface area (Å²) < 4.78 is 16.1. The minimum absolute atomic E-state index is 0.0427. The van der Waals surface area contributed by atoms with Crippen LogP contribution in [0.15, 0.2) is 12.1 Å². The number of ether oxygens (including phenoxy) is 3. The molecule has 0 saturated heterocycles. The van der Waals surface area contributed by atoms with Crippen LogP contribution in [-0.2, 0) is 18.0 Å². The zero-order chi connectivity index (χ0) is 10.7. The van der Waals surface area contributed by atoms with E-state index in [1.165, 1.54) is 0 Å². The van der Waals surface area contributed by atoms with Crippen molar-refractivity contribution in [2.24, 2.45) is 0 Å². The third kappa shape index (κ3) is 1.91. The van der Waals surface area contributed by atoms with Gasteiger partial charge in [-0.2, -0.15) is 0 Å². The van der Waals surface area contributed by atoms with Crippen molar-refractivity contribution >= 4 is 0 Å². The van der Waals surface area contributed by atoms with E-state index in [0.29, 0.717) is 31.3 Å². The van der Waals surface area contributed by atoms with E-state index in [1.807, 2.05) is 12.1 Å². The third-order valence-corrected chi connectivity index (χ3v) is 2.32. The molecule has 1 N–H and O–H groups in total. The summed E-state index contributed by atoms with van der Waals surface area (Å²) >= 11 is 0. The predicted molar refractivity (Wildman–Crippen MR) is 54.1 cm³/mol. The lowest BCUT2D eigenvalue weighted by Crippen LogP contribution is -2.18. The van der Waals surface area contributed by atoms with Gasteiger partial charge in [-0.1, -0.05) is 12.1 Å². The topological polar surface area (TPSA) is 47.9 Å². The van der Waals surface area contributed by atoms with Crippen molar-refractivity contribution in [3.8, 4) is 11.5 Å². The number of rotatable bonds is 3. The van der Waals surface area contributed by atoms with Crippen LogP contribution in [0.4, 0.5) is 0 Å². The summed E-state index contributed by atoms with van der Waals surface area (Å²) in [6.45, 7) is 1.51. The highest BCUT2D eigenvalue weighted by Crippen LogP contribution is 2.37. The van der Waals surface area contributed by atoms with Gasteiger partial charge in [0.05, 0.1) is 13.2 Å². The maximum atomic E-state index is 9.15. The molecule has 1 aliphatic heterocycles. The lowest BCUT2D eigenvalue weighted by molar-refractivity contribution is 0.149. The van der Waals surface area contributed by atoms with Crippen molar-refractivity contribution in [1.29, 1.82) is 0 Å². The Morgan fingerprint density at radius 3 is 2.40 bits per heavy atom. The van der Waals surface area contributed by atoms with Crippen molar-refractivity contribution in [1.82, 2.24) is 0 Å². The molecule has 0 unspecified atom stereocenters. The molecule has 0 amide bonds. The van der Waals surface area contributed by atoms with Crippen LogP contribution in [0.25, 0.3) is 0 Å². The van der Waals surface area contributed by atoms with Crippen LogP contribution in [0.2, 0.25) is 0 Å². The molecule has 4 heteroatoms. The fraction of sp³-hybridized carbons (Fsp3) is 0.455. The Morgan fingerprint density at radius 2 is 1.80 bits per heavy atom. The first-order valence-corrected chi connectivity index (χ1v) is 4.87. The fourth-order valence-electron chi connectivity index (χ4n) is 1.64. The molecule has 1 aromatic carbocycles. The summed E-state index contributed by atoms with van der Waals surface area (Å²) in [5.41, 5.74) is 1.70. The summed E-state index contributed by atoms with van der Waals surface area (Å²) in [5.74, 6) is 1.35. The highest BCUT2D eigenvalue weighted by atomic mass is 16.6. The molecular weight excluding hydrogens is 196 g/mol. The Kier molecular flexibility index (Phi) is 3.08. The van der Waals surface area contributed by atoms with E-state index in [-0.39, 0.29) is 6.61 Å². The molecule has 0 aromatic heterocycles. The zero-order valence-corrected chi connectivity index (χ0v) is 8.66. The van der Waals surface area contributed by atoms with Gasteiger partial charge in [-0.3, -0.25) is 0 Å². The molecule has 0 fully saturated rings. The smallest absolute Gasteiger partial charge is 0.167 e. The molecule has 82 valence electrons. The average Bonchev–Trinajstić information content (AvgIpc) is 2.30. The Morgan fingerprint density at radius 1 is 1.20 bits per heavy atom. The lowest BCUT2D eigenvalue weighted by atomic mass is 10.1. The molecule has 1 aliphatic rings. The average molecular weight is 210 g/mol. The molecule has 1 heterocycles. The first-order chi connectivity index (χ1) is 7.36. The number of benzene rings is 1. The molecular formula is C11H14O4. The summed E-state index contributed by atoms with van der Waals surface area (Å²) in [7, 11) is 1.63. The maximum absolute atomic E-state index is 9.15. The quantitative estimate of drug-likeness (QED) is 0.811. The Balaban J connectivity index is 2.42. The number of fused-ring (bicyclic) bond motifs is 1. The van der Waals surface area contributed by atoms with E-state index in [9.17, 15) is 0 Å². The van der Waals surface area contributed by atoms with Crippen molar-refractivity contribution < 1.29 is 19.3 Å². The molecule has 0 radical (unpaired) electrons. The third-order valence-electron chi connectivity index (χ3n) is 2.32. The molecule has 1 aromatic rings. The van der Waals surface area contributed by atoms with Crippen LogP contribution < -0.4 is 9.47 Å². The normalized spacial score (nSPS) is 14.0. The van der Waals surface area contributed by atoms with E-state index in [4.69, 9.17) is 19.3 Å². The van der Waals surface area contributed by atoms with E-state index >= 15 is 0 Å². The van der Waals surface area contributed by atoms with E-state index in [1.54, 1.807) is 7.11 Å². The number of aliphatic hydroxyl groups is 1. The van der Waals surface area contributed by atoms with Gasteiger partial charge >= 0.3 is 0 Å². The number of hydrogen-bond donors (Lipinski definition) is 1. The molecule has 2 rings (SSSR count). The highest BCUT2D eigenvalue weighted by Gasteiger charge is 2.19. The SMILES string of the molecule is COCc1ccc(CO)c2c1OCCO2. The number of aliphatic hydroxyl groups excluding tert-OH is 1. The van der Waals surface area contributed by atoms with Crippen LogP contribution >= 0.6 is 0 Å². The Bertz CT molecular complexity index is 349. The number of methoxy groups -OCH3 is 1. The van der Waals surface area contributed by atoms with Gasteiger partial charge in [0.15, 0.2) is 11.5 Å². The monoisotopic (exact) mass is 210 g/mol. The fourth-order valence-corrected chi connectivity index (χ4v) is 1.64. The van der Waals surface area contributed by atoms with Gasteiger partial charge in [-0.05, 0) is 0 Å². The minimum atomic E-state index is -0.0427. The zero-order valence-electron chi connectivity index (χ0n) is 8.66. The maximum Gasteiger partial charge on any atom is 0.167 e. The highest BCUT2D eigenvalue weighted by molar-refractivity contribution is 5.52. The second-order valence-electron chi connectivity index (χ2n) is 3.33. The largest absolute Gasteiger partial charge is 0.486 e. The second kappa shape index (κ2) is 4.51. The van der Waals surface area contributed by atoms with Gasteiger partial charge in [-0.25, -0.2) is 0 Å². The summed E-state index contributed by atoms with van der Waals surface area (Å²) in [5, 5.41) is 9.15. The van der Waals surface area contributed by atoms with Crippen LogP contribution in [0.1, 0.15) is 11.1 Å². The van der Waals surface area contributed by atoms with Gasteiger partial charge in [0.1, 0.15) is 13.2 Å². The van der Waals surface area contributed by atoms with Crippen molar-refractivity contribution in [2.75, 3.05) is 20.3 Å². The molecule has 0 spiro atoms. The van der Waals surface area contributed by atoms with Crippen molar-refractivity contribution in [3.05, 3.63) is 23.3 Å². The van der Waals surface area contributed by atoms with E-state index in [2.05, 4.69) is 0 Å². The van der Waals surface area contributed by atoms with Crippen LogP contribution in [0.5, 0.6) is 11.5 Å². The molecule has 4 nitrogen and oxygen atoms in total. The summed E-state index contributed by atoms with van der Waals surface area (Å²) in [6, 6.07) is 3.73. The summed E-state index contributed by atoms with van der Waals surface area (Å²) in [4.78, 5) is 0. The van der Waals surface area contributed by atoms with Gasteiger partial charge in [-0.15, -0.1) is 0 Å². The first kappa shape index (κ1) is 10.3. The Labute approximate surface area is 88.4 Å². The van der Waals surface area contributed by atoms with E-state index in [0.717, 1.165) is 11.1 Å². The van der Waals surface area contributed by atoms with Crippen LogP contribution in [0.3, 0.4) is 0 Å². The van der Waals surface area contributed by atoms with Gasteiger partial charge in [0.25, 0.3) is 0 Å². The summed E-state index contributed by atoms with van der Waals surface area (Å²) in [6.07, 6.45) is 0. The standard InChI is InChI=1S/C11H14O4/c1-13-7-9-3-2-8(6-12)10-11(9)15-5-4-14-10/h2-3,12H,4-7H2,1H3. The van der Waals surface area contributed by atoms with E-state index < -0.39 is 0 Å². The van der Waals surface area contributed by atoms with Crippen LogP contribution in [0, 0.1) is 0 Å². The lowest BCUT2D eigenvalue weighted by Gasteiger charge is -2.22. The molecule has 0 bridgehead atoms. The second-order valence-corrected chi connectivity index (χ2v) is 3.33. The Hall–Kier alpha value is -1.26. The van der Waals surface area contributed by atoms with Gasteiger partial charge in [0.2, 0.25) is 0 Å². The number of hydrogen-bond acceptors (Lipinski definition) is 4. The molecule has 0 atom stereocenters. The van der Waals surface area contributed by atoms with Gasteiger partial charge < -0.3 is 19.3 Å². The van der Waals surface area contributed by atoms with Crippen LogP contribution in [-0.4, -0.2) is 25.4 Å².